The minimum absolute atomic E-state index is 0.0439. The fourth-order valence-corrected chi connectivity index (χ4v) is 1.08. The molecule has 1 unspecified atom stereocenters. The van der Waals surface area contributed by atoms with Crippen molar-refractivity contribution < 1.29 is 24.5 Å². The Kier molecular flexibility index (Phi) is 5.95. The zero-order valence-corrected chi connectivity index (χ0v) is 10.8. The highest BCUT2D eigenvalue weighted by molar-refractivity contribution is 5.76. The molecule has 1 amide bonds. The van der Waals surface area contributed by atoms with Crippen LogP contribution in [0.15, 0.2) is 0 Å². The Hall–Kier alpha value is -1.30. The Morgan fingerprint density at radius 3 is 2.24 bits per heavy atom. The number of carboxylic acid groups (broad SMARTS) is 1. The molecular weight excluding hydrogens is 226 g/mol. The van der Waals surface area contributed by atoms with Gasteiger partial charge in [-0.1, -0.05) is 6.92 Å². The van der Waals surface area contributed by atoms with E-state index in [2.05, 4.69) is 0 Å². The summed E-state index contributed by atoms with van der Waals surface area (Å²) < 4.78 is 5.06. The Morgan fingerprint density at radius 2 is 1.88 bits per heavy atom. The second-order valence-corrected chi connectivity index (χ2v) is 4.82. The molecule has 0 saturated carbocycles. The number of ether oxygens (including phenoxy) is 1. The van der Waals surface area contributed by atoms with E-state index in [-0.39, 0.29) is 6.54 Å². The van der Waals surface area contributed by atoms with Gasteiger partial charge in [-0.25, -0.2) is 4.79 Å². The van der Waals surface area contributed by atoms with Crippen LogP contribution in [-0.4, -0.2) is 52.0 Å². The zero-order valence-electron chi connectivity index (χ0n) is 10.8. The van der Waals surface area contributed by atoms with Gasteiger partial charge in [-0.15, -0.1) is 0 Å². The van der Waals surface area contributed by atoms with Gasteiger partial charge in [0.2, 0.25) is 0 Å². The SMILES string of the molecule is CCC(O)CN(CC(=O)O)C(=O)OC(C)(C)C. The third-order valence-electron chi connectivity index (χ3n) is 1.88. The second-order valence-electron chi connectivity index (χ2n) is 4.82. The number of nitrogens with zero attached hydrogens (tertiary/aromatic N) is 1. The Balaban J connectivity index is 4.56. The van der Waals surface area contributed by atoms with Crippen LogP contribution in [0.3, 0.4) is 0 Å². The molecule has 0 aromatic heterocycles. The number of rotatable bonds is 5. The number of carbonyl (C=O) groups is 2. The van der Waals surface area contributed by atoms with E-state index in [4.69, 9.17) is 9.84 Å². The van der Waals surface area contributed by atoms with Crippen molar-refractivity contribution in [3.05, 3.63) is 0 Å². The van der Waals surface area contributed by atoms with E-state index in [1.165, 1.54) is 0 Å². The molecule has 0 aromatic rings. The summed E-state index contributed by atoms with van der Waals surface area (Å²) in [5, 5.41) is 18.1. The molecule has 0 radical (unpaired) electrons. The number of hydrogen-bond donors (Lipinski definition) is 2. The highest BCUT2D eigenvalue weighted by atomic mass is 16.6. The molecule has 17 heavy (non-hydrogen) atoms. The van der Waals surface area contributed by atoms with Crippen molar-refractivity contribution in [2.45, 2.75) is 45.8 Å². The zero-order chi connectivity index (χ0) is 13.6. The average Bonchev–Trinajstić information content (AvgIpc) is 2.13. The summed E-state index contributed by atoms with van der Waals surface area (Å²) in [4.78, 5) is 23.3. The van der Waals surface area contributed by atoms with Crippen molar-refractivity contribution in [2.75, 3.05) is 13.1 Å². The number of aliphatic hydroxyl groups is 1. The van der Waals surface area contributed by atoms with E-state index < -0.39 is 30.3 Å². The predicted octanol–water partition coefficient (Wildman–Crippen LogP) is 1.08. The molecule has 0 aromatic carbocycles. The van der Waals surface area contributed by atoms with Gasteiger partial charge >= 0.3 is 12.1 Å². The first-order valence-electron chi connectivity index (χ1n) is 5.53. The van der Waals surface area contributed by atoms with Crippen LogP contribution in [0.5, 0.6) is 0 Å². The van der Waals surface area contributed by atoms with Crippen molar-refractivity contribution in [3.63, 3.8) is 0 Å². The standard InChI is InChI=1S/C11H21NO5/c1-5-8(13)6-12(7-9(14)15)10(16)17-11(2,3)4/h8,13H,5-7H2,1-4H3,(H,14,15). The van der Waals surface area contributed by atoms with E-state index in [0.29, 0.717) is 6.42 Å². The molecule has 0 fully saturated rings. The van der Waals surface area contributed by atoms with Crippen molar-refractivity contribution >= 4 is 12.1 Å². The molecule has 6 nitrogen and oxygen atoms in total. The minimum Gasteiger partial charge on any atom is -0.480 e. The van der Waals surface area contributed by atoms with E-state index in [1.54, 1.807) is 27.7 Å². The van der Waals surface area contributed by atoms with Gasteiger partial charge in [0.05, 0.1) is 12.6 Å². The molecule has 0 aliphatic heterocycles. The molecule has 0 bridgehead atoms. The Labute approximate surface area is 101 Å². The van der Waals surface area contributed by atoms with Gasteiger partial charge in [-0.05, 0) is 27.2 Å². The lowest BCUT2D eigenvalue weighted by Gasteiger charge is -2.27. The number of carbonyl (C=O) groups excluding carboxylic acids is 1. The fraction of sp³-hybridized carbons (Fsp3) is 0.818. The summed E-state index contributed by atoms with van der Waals surface area (Å²) in [6.45, 7) is 6.31. The smallest absolute Gasteiger partial charge is 0.410 e. The maximum atomic E-state index is 11.7. The summed E-state index contributed by atoms with van der Waals surface area (Å²) in [7, 11) is 0. The Bertz CT molecular complexity index is 272. The maximum absolute atomic E-state index is 11.7. The highest BCUT2D eigenvalue weighted by Crippen LogP contribution is 2.10. The molecule has 0 aliphatic carbocycles. The van der Waals surface area contributed by atoms with Crippen molar-refractivity contribution in [1.82, 2.24) is 4.90 Å². The van der Waals surface area contributed by atoms with E-state index >= 15 is 0 Å². The third kappa shape index (κ3) is 7.57. The van der Waals surface area contributed by atoms with Crippen molar-refractivity contribution in [3.8, 4) is 0 Å². The maximum Gasteiger partial charge on any atom is 0.410 e. The van der Waals surface area contributed by atoms with Gasteiger partial charge in [0.1, 0.15) is 12.1 Å². The largest absolute Gasteiger partial charge is 0.480 e. The van der Waals surface area contributed by atoms with Gasteiger partial charge in [0.25, 0.3) is 0 Å². The topological polar surface area (TPSA) is 87.1 Å². The lowest BCUT2D eigenvalue weighted by Crippen LogP contribution is -2.43. The fourth-order valence-electron chi connectivity index (χ4n) is 1.08. The summed E-state index contributed by atoms with van der Waals surface area (Å²) >= 11 is 0. The number of carboxylic acids is 1. The Morgan fingerprint density at radius 1 is 1.35 bits per heavy atom. The van der Waals surface area contributed by atoms with Gasteiger partial charge in [0.15, 0.2) is 0 Å². The number of aliphatic carboxylic acids is 1. The van der Waals surface area contributed by atoms with Crippen LogP contribution >= 0.6 is 0 Å². The number of hydrogen-bond acceptors (Lipinski definition) is 4. The molecule has 1 atom stereocenters. The molecule has 2 N–H and O–H groups in total. The van der Waals surface area contributed by atoms with Gasteiger partial charge in [0, 0.05) is 0 Å². The normalized spacial score (nSPS) is 13.0. The lowest BCUT2D eigenvalue weighted by atomic mass is 10.2. The van der Waals surface area contributed by atoms with E-state index in [9.17, 15) is 14.7 Å². The first kappa shape index (κ1) is 15.7. The van der Waals surface area contributed by atoms with Crippen LogP contribution in [0.25, 0.3) is 0 Å². The average molecular weight is 247 g/mol. The summed E-state index contributed by atoms with van der Waals surface area (Å²) in [5.74, 6) is -1.14. The third-order valence-corrected chi connectivity index (χ3v) is 1.88. The molecular formula is C11H21NO5. The quantitative estimate of drug-likeness (QED) is 0.759. The number of amides is 1. The monoisotopic (exact) mass is 247 g/mol. The first-order chi connectivity index (χ1) is 7.65. The van der Waals surface area contributed by atoms with Crippen LogP contribution in [-0.2, 0) is 9.53 Å². The van der Waals surface area contributed by atoms with Gasteiger partial charge < -0.3 is 14.9 Å². The van der Waals surface area contributed by atoms with Crippen LogP contribution in [0.2, 0.25) is 0 Å². The van der Waals surface area contributed by atoms with Gasteiger partial charge in [-0.2, -0.15) is 0 Å². The predicted molar refractivity (Wildman–Crippen MR) is 61.7 cm³/mol. The summed E-state index contributed by atoms with van der Waals surface area (Å²) in [6, 6.07) is 0. The second kappa shape index (κ2) is 6.44. The van der Waals surface area contributed by atoms with Crippen LogP contribution < -0.4 is 0 Å². The molecule has 0 aliphatic rings. The van der Waals surface area contributed by atoms with Gasteiger partial charge in [-0.3, -0.25) is 9.69 Å². The van der Waals surface area contributed by atoms with Crippen molar-refractivity contribution in [2.24, 2.45) is 0 Å². The van der Waals surface area contributed by atoms with Crippen LogP contribution in [0.4, 0.5) is 4.79 Å². The summed E-state index contributed by atoms with van der Waals surface area (Å²) in [6.07, 6.45) is -1.03. The van der Waals surface area contributed by atoms with E-state index in [1.807, 2.05) is 0 Å². The summed E-state index contributed by atoms with van der Waals surface area (Å²) in [5.41, 5.74) is -0.689. The lowest BCUT2D eigenvalue weighted by molar-refractivity contribution is -0.138. The van der Waals surface area contributed by atoms with Crippen LogP contribution in [0, 0.1) is 0 Å². The molecule has 100 valence electrons. The molecule has 0 saturated heterocycles. The van der Waals surface area contributed by atoms with E-state index in [0.717, 1.165) is 4.90 Å². The first-order valence-corrected chi connectivity index (χ1v) is 5.53. The molecule has 0 rings (SSSR count). The van der Waals surface area contributed by atoms with Crippen LogP contribution in [0.1, 0.15) is 34.1 Å². The number of aliphatic hydroxyl groups excluding tert-OH is 1. The molecule has 0 heterocycles. The van der Waals surface area contributed by atoms with Crippen molar-refractivity contribution in [1.29, 1.82) is 0 Å². The molecule has 6 heteroatoms. The highest BCUT2D eigenvalue weighted by Gasteiger charge is 2.25. The molecule has 0 spiro atoms. The minimum atomic E-state index is -1.14.